The zero-order valence-corrected chi connectivity index (χ0v) is 10.9. The van der Waals surface area contributed by atoms with Crippen LogP contribution in [0.25, 0.3) is 0 Å². The number of halogens is 1. The summed E-state index contributed by atoms with van der Waals surface area (Å²) in [4.78, 5) is 13.5. The van der Waals surface area contributed by atoms with Crippen LogP contribution in [-0.4, -0.2) is 30.1 Å². The molecule has 1 saturated heterocycles. The van der Waals surface area contributed by atoms with Gasteiger partial charge in [0.2, 0.25) is 0 Å². The molecule has 1 aromatic carbocycles. The van der Waals surface area contributed by atoms with E-state index in [4.69, 9.17) is 22.1 Å². The van der Waals surface area contributed by atoms with E-state index in [0.29, 0.717) is 11.6 Å². The maximum Gasteiger partial charge on any atom is 0.410 e. The largest absolute Gasteiger partial charge is 0.445 e. The van der Waals surface area contributed by atoms with E-state index in [1.807, 2.05) is 12.1 Å². The third kappa shape index (κ3) is 3.62. The van der Waals surface area contributed by atoms with Gasteiger partial charge in [-0.2, -0.15) is 0 Å². The summed E-state index contributed by atoms with van der Waals surface area (Å²) in [7, 11) is 0. The molecular formula is C13H17ClN2O2. The molecule has 1 aromatic rings. The van der Waals surface area contributed by atoms with E-state index in [1.54, 1.807) is 17.0 Å². The van der Waals surface area contributed by atoms with E-state index in [2.05, 4.69) is 0 Å². The number of likely N-dealkylation sites (tertiary alicyclic amines) is 1. The van der Waals surface area contributed by atoms with Crippen molar-refractivity contribution in [2.45, 2.75) is 25.5 Å². The normalized spacial score (nSPS) is 19.7. The van der Waals surface area contributed by atoms with Gasteiger partial charge in [0, 0.05) is 24.2 Å². The highest BCUT2D eigenvalue weighted by Crippen LogP contribution is 2.13. The summed E-state index contributed by atoms with van der Waals surface area (Å²) in [6.07, 6.45) is 1.62. The van der Waals surface area contributed by atoms with Crippen molar-refractivity contribution < 1.29 is 9.53 Å². The molecule has 1 fully saturated rings. The Balaban J connectivity index is 1.82. The Morgan fingerprint density at radius 3 is 2.83 bits per heavy atom. The van der Waals surface area contributed by atoms with Crippen molar-refractivity contribution in [1.29, 1.82) is 0 Å². The Morgan fingerprint density at radius 1 is 1.44 bits per heavy atom. The van der Waals surface area contributed by atoms with Crippen molar-refractivity contribution >= 4 is 17.7 Å². The highest BCUT2D eigenvalue weighted by Gasteiger charge is 2.22. The number of piperidine rings is 1. The molecule has 0 aromatic heterocycles. The zero-order valence-electron chi connectivity index (χ0n) is 10.1. The van der Waals surface area contributed by atoms with Gasteiger partial charge in [0.05, 0.1) is 0 Å². The molecule has 0 bridgehead atoms. The van der Waals surface area contributed by atoms with Crippen molar-refractivity contribution in [2.75, 3.05) is 13.1 Å². The molecule has 0 aliphatic carbocycles. The van der Waals surface area contributed by atoms with E-state index in [1.165, 1.54) is 0 Å². The minimum atomic E-state index is -0.292. The zero-order chi connectivity index (χ0) is 13.0. The topological polar surface area (TPSA) is 55.6 Å². The lowest BCUT2D eigenvalue weighted by atomic mass is 10.1. The fourth-order valence-electron chi connectivity index (χ4n) is 1.99. The molecule has 98 valence electrons. The fraction of sp³-hybridized carbons (Fsp3) is 0.462. The van der Waals surface area contributed by atoms with Gasteiger partial charge in [-0.1, -0.05) is 23.7 Å². The highest BCUT2D eigenvalue weighted by molar-refractivity contribution is 6.30. The van der Waals surface area contributed by atoms with Gasteiger partial charge in [-0.3, -0.25) is 0 Å². The second-order valence-electron chi connectivity index (χ2n) is 4.53. The Labute approximate surface area is 112 Å². The van der Waals surface area contributed by atoms with Crippen LogP contribution in [0.2, 0.25) is 5.02 Å². The molecule has 2 N–H and O–H groups in total. The quantitative estimate of drug-likeness (QED) is 0.896. The third-order valence-corrected chi connectivity index (χ3v) is 3.24. The molecule has 1 aliphatic heterocycles. The molecule has 0 radical (unpaired) electrons. The molecule has 1 unspecified atom stereocenters. The van der Waals surface area contributed by atoms with Crippen molar-refractivity contribution in [2.24, 2.45) is 5.73 Å². The lowest BCUT2D eigenvalue weighted by molar-refractivity contribution is 0.0862. The van der Waals surface area contributed by atoms with Crippen LogP contribution in [0.4, 0.5) is 4.79 Å². The van der Waals surface area contributed by atoms with E-state index in [9.17, 15) is 4.79 Å². The van der Waals surface area contributed by atoms with Gasteiger partial charge >= 0.3 is 6.09 Å². The first-order chi connectivity index (χ1) is 8.65. The van der Waals surface area contributed by atoms with Crippen LogP contribution in [0.5, 0.6) is 0 Å². The fourth-order valence-corrected chi connectivity index (χ4v) is 2.12. The van der Waals surface area contributed by atoms with Crippen LogP contribution in [0.1, 0.15) is 18.4 Å². The molecule has 1 atom stereocenters. The number of hydrogen-bond donors (Lipinski definition) is 1. The number of amides is 1. The number of carbonyl (C=O) groups excluding carboxylic acids is 1. The van der Waals surface area contributed by atoms with Crippen molar-refractivity contribution in [1.82, 2.24) is 4.90 Å². The van der Waals surface area contributed by atoms with Crippen LogP contribution in [0.15, 0.2) is 24.3 Å². The molecule has 1 aliphatic rings. The molecular weight excluding hydrogens is 252 g/mol. The van der Waals surface area contributed by atoms with E-state index in [-0.39, 0.29) is 18.7 Å². The lowest BCUT2D eigenvalue weighted by Crippen LogP contribution is -2.45. The Bertz CT molecular complexity index is 408. The molecule has 0 spiro atoms. The van der Waals surface area contributed by atoms with Gasteiger partial charge in [0.25, 0.3) is 0 Å². The number of ether oxygens (including phenoxy) is 1. The van der Waals surface area contributed by atoms with Crippen LogP contribution in [0.3, 0.4) is 0 Å². The number of rotatable bonds is 2. The molecule has 18 heavy (non-hydrogen) atoms. The van der Waals surface area contributed by atoms with E-state index < -0.39 is 0 Å². The van der Waals surface area contributed by atoms with Crippen molar-refractivity contribution in [3.63, 3.8) is 0 Å². The summed E-state index contributed by atoms with van der Waals surface area (Å²) in [5.41, 5.74) is 6.75. The number of carbonyl (C=O) groups is 1. The first-order valence-electron chi connectivity index (χ1n) is 6.07. The standard InChI is InChI=1S/C13H17ClN2O2/c14-11-5-3-10(4-6-11)9-18-13(17)16-7-1-2-12(15)8-16/h3-6,12H,1-2,7-9,15H2. The Morgan fingerprint density at radius 2 is 2.17 bits per heavy atom. The predicted octanol–water partition coefficient (Wildman–Crippen LogP) is 2.40. The number of nitrogens with two attached hydrogens (primary N) is 1. The maximum atomic E-state index is 11.8. The number of hydrogen-bond acceptors (Lipinski definition) is 3. The van der Waals surface area contributed by atoms with Crippen LogP contribution in [0, 0.1) is 0 Å². The van der Waals surface area contributed by atoms with Crippen molar-refractivity contribution in [3.05, 3.63) is 34.9 Å². The number of nitrogens with zero attached hydrogens (tertiary/aromatic N) is 1. The highest BCUT2D eigenvalue weighted by atomic mass is 35.5. The third-order valence-electron chi connectivity index (χ3n) is 2.99. The Kier molecular flexibility index (Phi) is 4.44. The number of benzene rings is 1. The molecule has 2 rings (SSSR count). The monoisotopic (exact) mass is 268 g/mol. The van der Waals surface area contributed by atoms with Crippen LogP contribution >= 0.6 is 11.6 Å². The van der Waals surface area contributed by atoms with Crippen LogP contribution < -0.4 is 5.73 Å². The summed E-state index contributed by atoms with van der Waals surface area (Å²) in [5, 5.41) is 0.673. The van der Waals surface area contributed by atoms with Crippen molar-refractivity contribution in [3.8, 4) is 0 Å². The first-order valence-corrected chi connectivity index (χ1v) is 6.44. The maximum absolute atomic E-state index is 11.8. The summed E-state index contributed by atoms with van der Waals surface area (Å²) >= 11 is 5.78. The predicted molar refractivity (Wildman–Crippen MR) is 70.4 cm³/mol. The summed E-state index contributed by atoms with van der Waals surface area (Å²) in [6, 6.07) is 7.32. The van der Waals surface area contributed by atoms with Crippen LogP contribution in [-0.2, 0) is 11.3 Å². The van der Waals surface area contributed by atoms with Gasteiger partial charge in [-0.25, -0.2) is 4.79 Å². The van der Waals surface area contributed by atoms with Gasteiger partial charge < -0.3 is 15.4 Å². The average Bonchev–Trinajstić information content (AvgIpc) is 2.38. The second kappa shape index (κ2) is 6.07. The van der Waals surface area contributed by atoms with Gasteiger partial charge in [0.15, 0.2) is 0 Å². The summed E-state index contributed by atoms with van der Waals surface area (Å²) in [6.45, 7) is 1.58. The van der Waals surface area contributed by atoms with E-state index >= 15 is 0 Å². The molecule has 1 amide bonds. The summed E-state index contributed by atoms with van der Waals surface area (Å²) in [5.74, 6) is 0. The second-order valence-corrected chi connectivity index (χ2v) is 4.97. The SMILES string of the molecule is NC1CCCN(C(=O)OCc2ccc(Cl)cc2)C1. The van der Waals surface area contributed by atoms with E-state index in [0.717, 1.165) is 24.9 Å². The smallest absolute Gasteiger partial charge is 0.410 e. The molecule has 1 heterocycles. The van der Waals surface area contributed by atoms with Gasteiger partial charge in [-0.15, -0.1) is 0 Å². The Hall–Kier alpha value is -1.26. The minimum absolute atomic E-state index is 0.0711. The summed E-state index contributed by atoms with van der Waals surface area (Å²) < 4.78 is 5.24. The minimum Gasteiger partial charge on any atom is -0.445 e. The van der Waals surface area contributed by atoms with Gasteiger partial charge in [-0.05, 0) is 30.5 Å². The first kappa shape index (κ1) is 13.2. The average molecular weight is 269 g/mol. The molecule has 5 heteroatoms. The molecule has 0 saturated carbocycles. The molecule has 4 nitrogen and oxygen atoms in total. The van der Waals surface area contributed by atoms with Gasteiger partial charge in [0.1, 0.15) is 6.61 Å². The lowest BCUT2D eigenvalue weighted by Gasteiger charge is -2.29.